The molecule has 2 aromatic carbocycles. The average Bonchev–Trinajstić information content (AvgIpc) is 3.10. The minimum Gasteiger partial charge on any atom is -0.451 e. The SMILES string of the molecule is Cc1c(C(=O)N2CCN(C(=O)CCCc3ccccc3)CC2)oc2ccc(Cl)cc12. The first kappa shape index (κ1) is 20.5. The molecule has 4 rings (SSSR count). The minimum atomic E-state index is -0.129. The van der Waals surface area contributed by atoms with Gasteiger partial charge in [-0.2, -0.15) is 0 Å². The smallest absolute Gasteiger partial charge is 0.290 e. The standard InChI is InChI=1S/C24H25ClN2O3/c1-17-20-16-19(25)10-11-21(20)30-23(17)24(29)27-14-12-26(13-15-27)22(28)9-5-8-18-6-3-2-4-7-18/h2-4,6-7,10-11,16H,5,8-9,12-15H2,1H3. The van der Waals surface area contributed by atoms with E-state index in [1.807, 2.05) is 36.1 Å². The number of rotatable bonds is 5. The molecule has 3 aromatic rings. The fourth-order valence-electron chi connectivity index (χ4n) is 3.95. The molecule has 0 spiro atoms. The molecule has 0 saturated carbocycles. The van der Waals surface area contributed by atoms with E-state index in [4.69, 9.17) is 16.0 Å². The van der Waals surface area contributed by atoms with Gasteiger partial charge in [-0.05, 0) is 43.5 Å². The molecule has 2 amide bonds. The zero-order valence-corrected chi connectivity index (χ0v) is 17.8. The fourth-order valence-corrected chi connectivity index (χ4v) is 4.12. The second-order valence-corrected chi connectivity index (χ2v) is 8.15. The number of fused-ring (bicyclic) bond motifs is 1. The zero-order valence-electron chi connectivity index (χ0n) is 17.1. The van der Waals surface area contributed by atoms with Crippen LogP contribution in [0.25, 0.3) is 11.0 Å². The van der Waals surface area contributed by atoms with Crippen LogP contribution < -0.4 is 0 Å². The third kappa shape index (κ3) is 4.36. The second kappa shape index (κ2) is 8.92. The number of halogens is 1. The molecule has 0 bridgehead atoms. The van der Waals surface area contributed by atoms with Gasteiger partial charge in [0, 0.05) is 48.6 Å². The summed E-state index contributed by atoms with van der Waals surface area (Å²) in [5.74, 6) is 0.387. The topological polar surface area (TPSA) is 53.8 Å². The van der Waals surface area contributed by atoms with Crippen LogP contribution in [-0.2, 0) is 11.2 Å². The van der Waals surface area contributed by atoms with Gasteiger partial charge in [0.05, 0.1) is 0 Å². The van der Waals surface area contributed by atoms with Gasteiger partial charge in [0.25, 0.3) is 5.91 Å². The van der Waals surface area contributed by atoms with E-state index < -0.39 is 0 Å². The molecule has 156 valence electrons. The van der Waals surface area contributed by atoms with Gasteiger partial charge in [0.1, 0.15) is 5.58 Å². The lowest BCUT2D eigenvalue weighted by Crippen LogP contribution is -2.50. The molecule has 1 saturated heterocycles. The number of nitrogens with zero attached hydrogens (tertiary/aromatic N) is 2. The highest BCUT2D eigenvalue weighted by Gasteiger charge is 2.28. The van der Waals surface area contributed by atoms with Crippen LogP contribution in [0.15, 0.2) is 52.9 Å². The van der Waals surface area contributed by atoms with Crippen LogP contribution in [0.1, 0.15) is 34.5 Å². The molecular weight excluding hydrogens is 400 g/mol. The molecule has 1 aliphatic heterocycles. The molecule has 5 nitrogen and oxygen atoms in total. The number of hydrogen-bond acceptors (Lipinski definition) is 3. The number of furan rings is 1. The van der Waals surface area contributed by atoms with Gasteiger partial charge in [0.15, 0.2) is 5.76 Å². The summed E-state index contributed by atoms with van der Waals surface area (Å²) in [6, 6.07) is 15.6. The summed E-state index contributed by atoms with van der Waals surface area (Å²) in [7, 11) is 0. The summed E-state index contributed by atoms with van der Waals surface area (Å²) in [5.41, 5.74) is 2.72. The maximum atomic E-state index is 13.0. The van der Waals surface area contributed by atoms with Crippen molar-refractivity contribution in [2.24, 2.45) is 0 Å². The Morgan fingerprint density at radius 2 is 1.70 bits per heavy atom. The van der Waals surface area contributed by atoms with Gasteiger partial charge in [-0.1, -0.05) is 41.9 Å². The van der Waals surface area contributed by atoms with E-state index in [-0.39, 0.29) is 11.8 Å². The Morgan fingerprint density at radius 3 is 2.43 bits per heavy atom. The van der Waals surface area contributed by atoms with Crippen molar-refractivity contribution in [2.45, 2.75) is 26.2 Å². The number of aryl methyl sites for hydroxylation is 2. The van der Waals surface area contributed by atoms with E-state index in [0.29, 0.717) is 49.0 Å². The molecule has 1 fully saturated rings. The number of amides is 2. The van der Waals surface area contributed by atoms with Gasteiger partial charge < -0.3 is 14.2 Å². The van der Waals surface area contributed by atoms with Crippen molar-refractivity contribution >= 4 is 34.4 Å². The molecule has 2 heterocycles. The van der Waals surface area contributed by atoms with Crippen LogP contribution in [0.3, 0.4) is 0 Å². The summed E-state index contributed by atoms with van der Waals surface area (Å²) >= 11 is 6.07. The van der Waals surface area contributed by atoms with Crippen molar-refractivity contribution in [3.8, 4) is 0 Å². The van der Waals surface area contributed by atoms with E-state index >= 15 is 0 Å². The number of benzene rings is 2. The molecule has 0 aliphatic carbocycles. The van der Waals surface area contributed by atoms with Crippen LogP contribution >= 0.6 is 11.6 Å². The molecule has 0 unspecified atom stereocenters. The van der Waals surface area contributed by atoms with Crippen molar-refractivity contribution in [3.05, 3.63) is 70.4 Å². The second-order valence-electron chi connectivity index (χ2n) is 7.71. The van der Waals surface area contributed by atoms with Crippen LogP contribution in [0.2, 0.25) is 5.02 Å². The van der Waals surface area contributed by atoms with Gasteiger partial charge in [-0.25, -0.2) is 0 Å². The number of piperazine rings is 1. The summed E-state index contributed by atoms with van der Waals surface area (Å²) < 4.78 is 5.81. The lowest BCUT2D eigenvalue weighted by Gasteiger charge is -2.34. The quantitative estimate of drug-likeness (QED) is 0.596. The summed E-state index contributed by atoms with van der Waals surface area (Å²) in [6.45, 7) is 4.02. The van der Waals surface area contributed by atoms with E-state index in [1.165, 1.54) is 5.56 Å². The molecular formula is C24H25ClN2O3. The van der Waals surface area contributed by atoms with Crippen molar-refractivity contribution in [1.29, 1.82) is 0 Å². The van der Waals surface area contributed by atoms with E-state index in [0.717, 1.165) is 23.8 Å². The Kier molecular flexibility index (Phi) is 6.09. The molecule has 30 heavy (non-hydrogen) atoms. The number of carbonyl (C=O) groups excluding carboxylic acids is 2. The van der Waals surface area contributed by atoms with Gasteiger partial charge in [-0.3, -0.25) is 9.59 Å². The maximum Gasteiger partial charge on any atom is 0.290 e. The summed E-state index contributed by atoms with van der Waals surface area (Å²) in [6.07, 6.45) is 2.27. The van der Waals surface area contributed by atoms with Crippen molar-refractivity contribution in [1.82, 2.24) is 9.80 Å². The maximum absolute atomic E-state index is 13.0. The average molecular weight is 425 g/mol. The van der Waals surface area contributed by atoms with Gasteiger partial charge in [-0.15, -0.1) is 0 Å². The van der Waals surface area contributed by atoms with Gasteiger partial charge in [0.2, 0.25) is 5.91 Å². The minimum absolute atomic E-state index is 0.129. The Balaban J connectivity index is 1.31. The molecule has 0 atom stereocenters. The lowest BCUT2D eigenvalue weighted by atomic mass is 10.1. The monoisotopic (exact) mass is 424 g/mol. The Hall–Kier alpha value is -2.79. The third-order valence-electron chi connectivity index (χ3n) is 5.71. The Bertz CT molecular complexity index is 1050. The van der Waals surface area contributed by atoms with Crippen LogP contribution in [-0.4, -0.2) is 47.8 Å². The first-order valence-electron chi connectivity index (χ1n) is 10.3. The fraction of sp³-hybridized carbons (Fsp3) is 0.333. The highest BCUT2D eigenvalue weighted by molar-refractivity contribution is 6.31. The molecule has 0 radical (unpaired) electrons. The lowest BCUT2D eigenvalue weighted by molar-refractivity contribution is -0.132. The normalized spacial score (nSPS) is 14.3. The van der Waals surface area contributed by atoms with E-state index in [1.54, 1.807) is 17.0 Å². The Morgan fingerprint density at radius 1 is 1.00 bits per heavy atom. The van der Waals surface area contributed by atoms with E-state index in [2.05, 4.69) is 12.1 Å². The van der Waals surface area contributed by atoms with Crippen molar-refractivity contribution < 1.29 is 14.0 Å². The van der Waals surface area contributed by atoms with Gasteiger partial charge >= 0.3 is 0 Å². The first-order valence-corrected chi connectivity index (χ1v) is 10.7. The van der Waals surface area contributed by atoms with Crippen LogP contribution in [0, 0.1) is 6.92 Å². The molecule has 6 heteroatoms. The summed E-state index contributed by atoms with van der Waals surface area (Å²) in [4.78, 5) is 29.1. The first-order chi connectivity index (χ1) is 14.5. The number of carbonyl (C=O) groups is 2. The highest BCUT2D eigenvalue weighted by atomic mass is 35.5. The largest absolute Gasteiger partial charge is 0.451 e. The molecule has 0 N–H and O–H groups in total. The third-order valence-corrected chi connectivity index (χ3v) is 5.95. The van der Waals surface area contributed by atoms with Crippen molar-refractivity contribution in [2.75, 3.05) is 26.2 Å². The van der Waals surface area contributed by atoms with Crippen LogP contribution in [0.5, 0.6) is 0 Å². The van der Waals surface area contributed by atoms with Crippen LogP contribution in [0.4, 0.5) is 0 Å². The zero-order chi connectivity index (χ0) is 21.1. The molecule has 1 aliphatic rings. The van der Waals surface area contributed by atoms with Crippen molar-refractivity contribution in [3.63, 3.8) is 0 Å². The predicted molar refractivity (Wildman–Crippen MR) is 118 cm³/mol. The highest BCUT2D eigenvalue weighted by Crippen LogP contribution is 2.29. The predicted octanol–water partition coefficient (Wildman–Crippen LogP) is 4.70. The number of hydrogen-bond donors (Lipinski definition) is 0. The summed E-state index contributed by atoms with van der Waals surface area (Å²) in [5, 5.41) is 1.47. The van der Waals surface area contributed by atoms with E-state index in [9.17, 15) is 9.59 Å². The Labute approximate surface area is 181 Å². The molecule has 1 aromatic heterocycles.